The first kappa shape index (κ1) is 13.0. The van der Waals surface area contributed by atoms with E-state index in [2.05, 4.69) is 5.32 Å². The first-order valence-electron chi connectivity index (χ1n) is 5.91. The molecule has 0 spiro atoms. The van der Waals surface area contributed by atoms with Gasteiger partial charge in [-0.3, -0.25) is 0 Å². The predicted molar refractivity (Wildman–Crippen MR) is 73.3 cm³/mol. The summed E-state index contributed by atoms with van der Waals surface area (Å²) in [5.74, 6) is -0.851. The molecule has 0 heterocycles. The molecule has 0 amide bonds. The van der Waals surface area contributed by atoms with Gasteiger partial charge in [-0.05, 0) is 42.3 Å². The molecule has 2 rings (SSSR count). The van der Waals surface area contributed by atoms with Gasteiger partial charge in [-0.2, -0.15) is 0 Å². The highest BCUT2D eigenvalue weighted by Gasteiger charge is 2.19. The first-order valence-corrected chi connectivity index (χ1v) is 5.91. The predicted octanol–water partition coefficient (Wildman–Crippen LogP) is 2.94. The van der Waals surface area contributed by atoms with Crippen LogP contribution in [0.3, 0.4) is 0 Å². The molecule has 98 valence electrons. The van der Waals surface area contributed by atoms with Gasteiger partial charge < -0.3 is 15.5 Å². The van der Waals surface area contributed by atoms with E-state index in [1.807, 2.05) is 31.2 Å². The summed E-state index contributed by atoms with van der Waals surface area (Å²) in [6.45, 7) is 1.95. The summed E-state index contributed by atoms with van der Waals surface area (Å²) >= 11 is 0. The van der Waals surface area contributed by atoms with Gasteiger partial charge in [-0.1, -0.05) is 24.3 Å². The maximum absolute atomic E-state index is 11.3. The Morgan fingerprint density at radius 1 is 1.16 bits per heavy atom. The van der Waals surface area contributed by atoms with E-state index in [9.17, 15) is 15.0 Å². The Hall–Kier alpha value is -2.49. The Labute approximate surface area is 111 Å². The Balaban J connectivity index is 2.26. The molecule has 0 saturated carbocycles. The molecule has 4 heteroatoms. The van der Waals surface area contributed by atoms with Gasteiger partial charge in [-0.25, -0.2) is 4.79 Å². The molecule has 3 N–H and O–H groups in total. The number of aryl methyl sites for hydroxylation is 1. The van der Waals surface area contributed by atoms with E-state index in [1.54, 1.807) is 12.1 Å². The Morgan fingerprint density at radius 3 is 2.42 bits per heavy atom. The van der Waals surface area contributed by atoms with Crippen LogP contribution in [-0.4, -0.2) is 16.2 Å². The van der Waals surface area contributed by atoms with E-state index >= 15 is 0 Å². The number of anilines is 1. The van der Waals surface area contributed by atoms with Gasteiger partial charge in [0.25, 0.3) is 0 Å². The molecule has 2 aromatic carbocycles. The fourth-order valence-corrected chi connectivity index (χ4v) is 1.86. The zero-order valence-corrected chi connectivity index (χ0v) is 10.5. The van der Waals surface area contributed by atoms with Crippen LogP contribution in [0.5, 0.6) is 5.75 Å². The number of aromatic hydroxyl groups is 1. The highest BCUT2D eigenvalue weighted by atomic mass is 16.4. The van der Waals surface area contributed by atoms with Crippen LogP contribution in [0.1, 0.15) is 17.2 Å². The van der Waals surface area contributed by atoms with Crippen LogP contribution in [0.2, 0.25) is 0 Å². The summed E-state index contributed by atoms with van der Waals surface area (Å²) in [7, 11) is 0. The van der Waals surface area contributed by atoms with Crippen molar-refractivity contribution < 1.29 is 15.0 Å². The van der Waals surface area contributed by atoms with Crippen LogP contribution in [0, 0.1) is 6.92 Å². The van der Waals surface area contributed by atoms with Crippen molar-refractivity contribution in [3.8, 4) is 5.75 Å². The monoisotopic (exact) mass is 257 g/mol. The topological polar surface area (TPSA) is 69.6 Å². The minimum Gasteiger partial charge on any atom is -0.508 e. The SMILES string of the molecule is Cc1cccc(NC(C(=O)O)c2ccc(O)cc2)c1. The molecule has 0 fully saturated rings. The largest absolute Gasteiger partial charge is 0.508 e. The van der Waals surface area contributed by atoms with E-state index < -0.39 is 12.0 Å². The Morgan fingerprint density at radius 2 is 1.84 bits per heavy atom. The number of carbonyl (C=O) groups is 1. The van der Waals surface area contributed by atoms with E-state index in [0.29, 0.717) is 5.56 Å². The van der Waals surface area contributed by atoms with Crippen molar-refractivity contribution in [1.29, 1.82) is 0 Å². The standard InChI is InChI=1S/C15H15NO3/c1-10-3-2-4-12(9-10)16-14(15(18)19)11-5-7-13(17)8-6-11/h2-9,14,16-17H,1H3,(H,18,19). The molecule has 0 aromatic heterocycles. The molecule has 0 saturated heterocycles. The summed E-state index contributed by atoms with van der Waals surface area (Å²) in [5.41, 5.74) is 2.40. The van der Waals surface area contributed by atoms with E-state index in [4.69, 9.17) is 0 Å². The molecule has 1 unspecified atom stereocenters. The van der Waals surface area contributed by atoms with Gasteiger partial charge in [0.15, 0.2) is 6.04 Å². The lowest BCUT2D eigenvalue weighted by Gasteiger charge is -2.16. The second-order valence-corrected chi connectivity index (χ2v) is 4.38. The van der Waals surface area contributed by atoms with Crippen LogP contribution in [0.4, 0.5) is 5.69 Å². The summed E-state index contributed by atoms with van der Waals surface area (Å²) in [6.07, 6.45) is 0. The number of carboxylic acid groups (broad SMARTS) is 1. The van der Waals surface area contributed by atoms with Gasteiger partial charge in [0.05, 0.1) is 0 Å². The third-order valence-corrected chi connectivity index (χ3v) is 2.80. The Kier molecular flexibility index (Phi) is 3.71. The van der Waals surface area contributed by atoms with Gasteiger partial charge in [0, 0.05) is 5.69 Å². The number of carboxylic acids is 1. The fraction of sp³-hybridized carbons (Fsp3) is 0.133. The van der Waals surface area contributed by atoms with Crippen molar-refractivity contribution in [3.05, 3.63) is 59.7 Å². The maximum atomic E-state index is 11.3. The van der Waals surface area contributed by atoms with Gasteiger partial charge >= 0.3 is 5.97 Å². The van der Waals surface area contributed by atoms with Gasteiger partial charge in [0.2, 0.25) is 0 Å². The summed E-state index contributed by atoms with van der Waals surface area (Å²) in [5, 5.41) is 21.5. The average Bonchev–Trinajstić information content (AvgIpc) is 2.37. The lowest BCUT2D eigenvalue weighted by Crippen LogP contribution is -2.20. The minimum absolute atomic E-state index is 0.114. The quantitative estimate of drug-likeness (QED) is 0.787. The summed E-state index contributed by atoms with van der Waals surface area (Å²) in [6, 6.07) is 12.8. The second kappa shape index (κ2) is 5.44. The van der Waals surface area contributed by atoms with Gasteiger partial charge in [-0.15, -0.1) is 0 Å². The van der Waals surface area contributed by atoms with Gasteiger partial charge in [0.1, 0.15) is 5.75 Å². The zero-order valence-electron chi connectivity index (χ0n) is 10.5. The summed E-state index contributed by atoms with van der Waals surface area (Å²) < 4.78 is 0. The molecule has 4 nitrogen and oxygen atoms in total. The number of aliphatic carboxylic acids is 1. The van der Waals surface area contributed by atoms with Crippen LogP contribution < -0.4 is 5.32 Å². The van der Waals surface area contributed by atoms with Crippen molar-refractivity contribution in [2.24, 2.45) is 0 Å². The first-order chi connectivity index (χ1) is 9.06. The van der Waals surface area contributed by atoms with Crippen LogP contribution in [0.15, 0.2) is 48.5 Å². The fourth-order valence-electron chi connectivity index (χ4n) is 1.86. The van der Waals surface area contributed by atoms with Crippen LogP contribution >= 0.6 is 0 Å². The Bertz CT molecular complexity index is 578. The highest BCUT2D eigenvalue weighted by molar-refractivity contribution is 5.79. The molecule has 0 aliphatic heterocycles. The van der Waals surface area contributed by atoms with E-state index in [0.717, 1.165) is 11.3 Å². The normalized spacial score (nSPS) is 11.8. The molecule has 0 radical (unpaired) electrons. The number of benzene rings is 2. The molecule has 0 bridgehead atoms. The van der Waals surface area contributed by atoms with Crippen molar-refractivity contribution >= 4 is 11.7 Å². The lowest BCUT2D eigenvalue weighted by molar-refractivity contribution is -0.138. The van der Waals surface area contributed by atoms with Crippen LogP contribution in [-0.2, 0) is 4.79 Å². The molecule has 1 atom stereocenters. The molecule has 0 aliphatic rings. The number of nitrogens with one attached hydrogen (secondary N) is 1. The smallest absolute Gasteiger partial charge is 0.330 e. The molecular formula is C15H15NO3. The molecule has 0 aliphatic carbocycles. The number of phenols is 1. The number of rotatable bonds is 4. The number of phenolic OH excluding ortho intramolecular Hbond substituents is 1. The molecule has 2 aromatic rings. The van der Waals surface area contributed by atoms with Crippen molar-refractivity contribution in [2.45, 2.75) is 13.0 Å². The minimum atomic E-state index is -0.966. The van der Waals surface area contributed by atoms with Crippen molar-refractivity contribution in [3.63, 3.8) is 0 Å². The second-order valence-electron chi connectivity index (χ2n) is 4.38. The highest BCUT2D eigenvalue weighted by Crippen LogP contribution is 2.22. The summed E-state index contributed by atoms with van der Waals surface area (Å²) in [4.78, 5) is 11.3. The third-order valence-electron chi connectivity index (χ3n) is 2.80. The van der Waals surface area contributed by atoms with E-state index in [1.165, 1.54) is 12.1 Å². The van der Waals surface area contributed by atoms with E-state index in [-0.39, 0.29) is 5.75 Å². The molecule has 19 heavy (non-hydrogen) atoms. The maximum Gasteiger partial charge on any atom is 0.330 e. The van der Waals surface area contributed by atoms with Crippen molar-refractivity contribution in [2.75, 3.05) is 5.32 Å². The zero-order chi connectivity index (χ0) is 13.8. The third kappa shape index (κ3) is 3.25. The number of hydrogen-bond donors (Lipinski definition) is 3. The number of hydrogen-bond acceptors (Lipinski definition) is 3. The lowest BCUT2D eigenvalue weighted by atomic mass is 10.1. The molecular weight excluding hydrogens is 242 g/mol. The van der Waals surface area contributed by atoms with Crippen molar-refractivity contribution in [1.82, 2.24) is 0 Å². The van der Waals surface area contributed by atoms with Crippen LogP contribution in [0.25, 0.3) is 0 Å². The average molecular weight is 257 g/mol.